The van der Waals surface area contributed by atoms with Gasteiger partial charge in [0, 0.05) is 24.6 Å². The molecule has 4 nitrogen and oxygen atoms in total. The fourth-order valence-electron chi connectivity index (χ4n) is 1.91. The van der Waals surface area contributed by atoms with Gasteiger partial charge in [0.1, 0.15) is 0 Å². The van der Waals surface area contributed by atoms with E-state index < -0.39 is 0 Å². The number of methoxy groups -OCH3 is 1. The fraction of sp³-hybridized carbons (Fsp3) is 0.583. The second-order valence-corrected chi connectivity index (χ2v) is 4.15. The van der Waals surface area contributed by atoms with Crippen LogP contribution in [0.5, 0.6) is 5.88 Å². The number of hydrogen-bond acceptors (Lipinski definition) is 4. The second kappa shape index (κ2) is 5.16. The van der Waals surface area contributed by atoms with Crippen molar-refractivity contribution in [3.63, 3.8) is 0 Å². The Labute approximate surface area is 96.0 Å². The Balaban J connectivity index is 1.92. The highest BCUT2D eigenvalue weighted by Gasteiger charge is 2.21. The van der Waals surface area contributed by atoms with Crippen LogP contribution in [-0.4, -0.2) is 31.3 Å². The number of rotatable bonds is 4. The highest BCUT2D eigenvalue weighted by Crippen LogP contribution is 2.20. The van der Waals surface area contributed by atoms with E-state index in [-0.39, 0.29) is 0 Å². The Bertz CT molecular complexity index is 320. The smallest absolute Gasteiger partial charge is 0.213 e. The van der Waals surface area contributed by atoms with E-state index in [1.165, 1.54) is 0 Å². The zero-order chi connectivity index (χ0) is 11.4. The summed E-state index contributed by atoms with van der Waals surface area (Å²) in [5, 5.41) is 3.44. The van der Waals surface area contributed by atoms with Gasteiger partial charge < -0.3 is 14.8 Å². The Kier molecular flexibility index (Phi) is 3.62. The highest BCUT2D eigenvalue weighted by molar-refractivity contribution is 5.42. The van der Waals surface area contributed by atoms with Gasteiger partial charge in [0.15, 0.2) is 0 Å². The quantitative estimate of drug-likeness (QED) is 0.845. The highest BCUT2D eigenvalue weighted by atomic mass is 16.5. The molecule has 2 heterocycles. The first-order chi connectivity index (χ1) is 7.79. The van der Waals surface area contributed by atoms with E-state index in [0.717, 1.165) is 25.3 Å². The summed E-state index contributed by atoms with van der Waals surface area (Å²) in [4.78, 5) is 4.16. The average molecular weight is 222 g/mol. The molecule has 1 saturated heterocycles. The molecule has 1 aliphatic rings. The van der Waals surface area contributed by atoms with Gasteiger partial charge in [-0.2, -0.15) is 0 Å². The monoisotopic (exact) mass is 222 g/mol. The molecule has 2 atom stereocenters. The van der Waals surface area contributed by atoms with Gasteiger partial charge in [-0.05, 0) is 19.4 Å². The minimum absolute atomic E-state index is 0.415. The van der Waals surface area contributed by atoms with E-state index in [0.29, 0.717) is 17.8 Å². The number of ether oxygens (including phenoxy) is 2. The Morgan fingerprint density at radius 1 is 1.56 bits per heavy atom. The molecule has 0 aromatic carbocycles. The summed E-state index contributed by atoms with van der Waals surface area (Å²) < 4.78 is 10.4. The zero-order valence-corrected chi connectivity index (χ0v) is 9.77. The normalized spacial score (nSPS) is 21.8. The molecule has 0 aliphatic carbocycles. The van der Waals surface area contributed by atoms with Crippen LogP contribution in [0.4, 0.5) is 5.69 Å². The van der Waals surface area contributed by atoms with Gasteiger partial charge in [0.2, 0.25) is 5.88 Å². The third kappa shape index (κ3) is 2.64. The van der Waals surface area contributed by atoms with E-state index in [1.54, 1.807) is 13.3 Å². The molecule has 1 aromatic heterocycles. The molecule has 2 rings (SSSR count). The van der Waals surface area contributed by atoms with Crippen LogP contribution in [0.3, 0.4) is 0 Å². The molecule has 1 fully saturated rings. The van der Waals surface area contributed by atoms with Gasteiger partial charge >= 0.3 is 0 Å². The summed E-state index contributed by atoms with van der Waals surface area (Å²) in [5.74, 6) is 1.24. The standard InChI is InChI=1S/C12H18N2O2/c1-9(10-5-6-16-8-10)14-11-3-4-12(15-2)13-7-11/h3-4,7,9-10,14H,5-6,8H2,1-2H3/t9-,10+/m0/s1. The Morgan fingerprint density at radius 2 is 2.44 bits per heavy atom. The lowest BCUT2D eigenvalue weighted by atomic mass is 10.0. The van der Waals surface area contributed by atoms with Gasteiger partial charge in [-0.1, -0.05) is 0 Å². The largest absolute Gasteiger partial charge is 0.481 e. The van der Waals surface area contributed by atoms with Crippen LogP contribution in [0.15, 0.2) is 18.3 Å². The first-order valence-corrected chi connectivity index (χ1v) is 5.64. The first-order valence-electron chi connectivity index (χ1n) is 5.64. The average Bonchev–Trinajstić information content (AvgIpc) is 2.83. The molecule has 1 aliphatic heterocycles. The number of aromatic nitrogens is 1. The number of hydrogen-bond donors (Lipinski definition) is 1. The minimum atomic E-state index is 0.415. The predicted molar refractivity (Wildman–Crippen MR) is 62.8 cm³/mol. The zero-order valence-electron chi connectivity index (χ0n) is 9.77. The van der Waals surface area contributed by atoms with Crippen LogP contribution in [0.25, 0.3) is 0 Å². The van der Waals surface area contributed by atoms with E-state index in [9.17, 15) is 0 Å². The third-order valence-corrected chi connectivity index (χ3v) is 3.01. The number of nitrogens with zero attached hydrogens (tertiary/aromatic N) is 1. The maximum absolute atomic E-state index is 5.38. The van der Waals surface area contributed by atoms with Crippen molar-refractivity contribution < 1.29 is 9.47 Å². The molecule has 0 saturated carbocycles. The maximum atomic E-state index is 5.38. The van der Waals surface area contributed by atoms with Crippen molar-refractivity contribution in [1.82, 2.24) is 4.98 Å². The molecule has 0 unspecified atom stereocenters. The molecule has 0 amide bonds. The fourth-order valence-corrected chi connectivity index (χ4v) is 1.91. The summed E-state index contributed by atoms with van der Waals surface area (Å²) in [6.07, 6.45) is 2.93. The topological polar surface area (TPSA) is 43.4 Å². The van der Waals surface area contributed by atoms with Crippen molar-refractivity contribution in [3.8, 4) is 5.88 Å². The van der Waals surface area contributed by atoms with Crippen LogP contribution < -0.4 is 10.1 Å². The van der Waals surface area contributed by atoms with Gasteiger partial charge in [-0.25, -0.2) is 4.98 Å². The summed E-state index contributed by atoms with van der Waals surface area (Å²) in [6.45, 7) is 3.93. The Morgan fingerprint density at radius 3 is 3.00 bits per heavy atom. The van der Waals surface area contributed by atoms with Crippen LogP contribution in [-0.2, 0) is 4.74 Å². The Hall–Kier alpha value is -1.29. The van der Waals surface area contributed by atoms with E-state index in [4.69, 9.17) is 9.47 Å². The summed E-state index contributed by atoms with van der Waals surface area (Å²) in [7, 11) is 1.62. The van der Waals surface area contributed by atoms with Crippen LogP contribution in [0.2, 0.25) is 0 Å². The van der Waals surface area contributed by atoms with Crippen molar-refractivity contribution >= 4 is 5.69 Å². The molecule has 88 valence electrons. The van der Waals surface area contributed by atoms with E-state index in [2.05, 4.69) is 17.2 Å². The second-order valence-electron chi connectivity index (χ2n) is 4.15. The lowest BCUT2D eigenvalue weighted by Gasteiger charge is -2.20. The van der Waals surface area contributed by atoms with Crippen LogP contribution in [0, 0.1) is 5.92 Å². The van der Waals surface area contributed by atoms with E-state index >= 15 is 0 Å². The van der Waals surface area contributed by atoms with Gasteiger partial charge in [-0.3, -0.25) is 0 Å². The van der Waals surface area contributed by atoms with E-state index in [1.807, 2.05) is 12.1 Å². The first kappa shape index (κ1) is 11.2. The lowest BCUT2D eigenvalue weighted by Crippen LogP contribution is -2.26. The number of anilines is 1. The van der Waals surface area contributed by atoms with Crippen molar-refractivity contribution in [2.75, 3.05) is 25.6 Å². The predicted octanol–water partition coefficient (Wildman–Crippen LogP) is 1.93. The van der Waals surface area contributed by atoms with Crippen molar-refractivity contribution in [3.05, 3.63) is 18.3 Å². The summed E-state index contributed by atoms with van der Waals surface area (Å²) in [6, 6.07) is 4.26. The summed E-state index contributed by atoms with van der Waals surface area (Å²) in [5.41, 5.74) is 1.03. The molecule has 4 heteroatoms. The molecule has 0 spiro atoms. The molecular formula is C12H18N2O2. The molecule has 16 heavy (non-hydrogen) atoms. The van der Waals surface area contributed by atoms with Crippen LogP contribution in [0.1, 0.15) is 13.3 Å². The lowest BCUT2D eigenvalue weighted by molar-refractivity contribution is 0.183. The van der Waals surface area contributed by atoms with Gasteiger partial charge in [0.25, 0.3) is 0 Å². The summed E-state index contributed by atoms with van der Waals surface area (Å²) >= 11 is 0. The van der Waals surface area contributed by atoms with Crippen molar-refractivity contribution in [2.24, 2.45) is 5.92 Å². The van der Waals surface area contributed by atoms with Crippen LogP contribution >= 0.6 is 0 Å². The SMILES string of the molecule is COc1ccc(N[C@@H](C)[C@@H]2CCOC2)cn1. The number of nitrogens with one attached hydrogen (secondary N) is 1. The van der Waals surface area contributed by atoms with Gasteiger partial charge in [-0.15, -0.1) is 0 Å². The third-order valence-electron chi connectivity index (χ3n) is 3.01. The minimum Gasteiger partial charge on any atom is -0.481 e. The molecule has 0 radical (unpaired) electrons. The molecule has 0 bridgehead atoms. The molecule has 1 N–H and O–H groups in total. The van der Waals surface area contributed by atoms with Gasteiger partial charge in [0.05, 0.1) is 25.6 Å². The maximum Gasteiger partial charge on any atom is 0.213 e. The van der Waals surface area contributed by atoms with Crippen molar-refractivity contribution in [1.29, 1.82) is 0 Å². The van der Waals surface area contributed by atoms with Crippen molar-refractivity contribution in [2.45, 2.75) is 19.4 Å². The molecular weight excluding hydrogens is 204 g/mol. The molecule has 1 aromatic rings. The number of pyridine rings is 1.